The number of alkyl halides is 3. The maximum atomic E-state index is 13.9. The van der Waals surface area contributed by atoms with E-state index in [1.54, 1.807) is 103 Å². The number of halogens is 3. The number of carbonyl (C=O) groups excluding carboxylic acids is 1. The van der Waals surface area contributed by atoms with Crippen molar-refractivity contribution in [1.82, 2.24) is 9.88 Å². The van der Waals surface area contributed by atoms with Crippen molar-refractivity contribution < 1.29 is 27.4 Å². The van der Waals surface area contributed by atoms with Crippen molar-refractivity contribution in [3.05, 3.63) is 136 Å². The largest absolute Gasteiger partial charge is 0.497 e. The molecule has 1 atom stereocenters. The number of ether oxygens (including phenoxy) is 2. The van der Waals surface area contributed by atoms with Crippen LogP contribution in [0.25, 0.3) is 21.9 Å². The first kappa shape index (κ1) is 30.1. The summed E-state index contributed by atoms with van der Waals surface area (Å²) in [7, 11) is 1.47. The zero-order valence-corrected chi connectivity index (χ0v) is 23.4. The van der Waals surface area contributed by atoms with Gasteiger partial charge in [0.25, 0.3) is 5.56 Å². The number of carbonyl (C=O) groups is 1. The Morgan fingerprint density at radius 1 is 0.886 bits per heavy atom. The highest BCUT2D eigenvalue weighted by Gasteiger charge is 2.43. The van der Waals surface area contributed by atoms with Crippen LogP contribution in [0.5, 0.6) is 5.75 Å². The lowest BCUT2D eigenvalue weighted by Gasteiger charge is -2.28. The number of methoxy groups -OCH3 is 1. The average Bonchev–Trinajstić information content (AvgIpc) is 3.05. The third-order valence-corrected chi connectivity index (χ3v) is 7.09. The highest BCUT2D eigenvalue weighted by atomic mass is 19.4. The Morgan fingerprint density at radius 3 is 1.98 bits per heavy atom. The third-order valence-electron chi connectivity index (χ3n) is 7.09. The standard InChI is InChI=1S/C34H26F3N3O4/c1-43-25-17-18-26-27(19-25)30(22-11-5-2-6-12-22)28(20-38)40(32(26)41)21-29(44-33(42)34(35,36)37)39-31(23-13-7-3-8-14-23)24-15-9-4-10-16-24/h2-19,29,31,39H,21H2,1H3. The minimum absolute atomic E-state index is 0.118. The van der Waals surface area contributed by atoms with Crippen molar-refractivity contribution in [2.75, 3.05) is 7.11 Å². The number of fused-ring (bicyclic) bond motifs is 1. The number of nitriles is 1. The molecule has 222 valence electrons. The molecule has 1 N–H and O–H groups in total. The molecule has 1 aromatic heterocycles. The number of nitrogens with zero attached hydrogens (tertiary/aromatic N) is 2. The predicted molar refractivity (Wildman–Crippen MR) is 159 cm³/mol. The van der Waals surface area contributed by atoms with E-state index in [4.69, 9.17) is 9.47 Å². The molecule has 7 nitrogen and oxygen atoms in total. The highest BCUT2D eigenvalue weighted by molar-refractivity contribution is 5.99. The van der Waals surface area contributed by atoms with Gasteiger partial charge in [0.1, 0.15) is 17.5 Å². The van der Waals surface area contributed by atoms with Crippen LogP contribution in [0.1, 0.15) is 22.9 Å². The zero-order chi connectivity index (χ0) is 31.3. The second-order valence-electron chi connectivity index (χ2n) is 9.84. The molecule has 0 radical (unpaired) electrons. The summed E-state index contributed by atoms with van der Waals surface area (Å²) in [6, 6.07) is 32.7. The van der Waals surface area contributed by atoms with E-state index >= 15 is 0 Å². The summed E-state index contributed by atoms with van der Waals surface area (Å²) in [5.74, 6) is -1.99. The summed E-state index contributed by atoms with van der Waals surface area (Å²) in [5, 5.41) is 14.0. The van der Waals surface area contributed by atoms with E-state index in [0.717, 1.165) is 4.57 Å². The number of nitrogens with one attached hydrogen (secondary N) is 1. The van der Waals surface area contributed by atoms with Crippen LogP contribution in [0.2, 0.25) is 0 Å². The van der Waals surface area contributed by atoms with Crippen molar-refractivity contribution in [2.45, 2.75) is 25.0 Å². The third kappa shape index (κ3) is 6.33. The van der Waals surface area contributed by atoms with Gasteiger partial charge in [-0.2, -0.15) is 18.4 Å². The summed E-state index contributed by atoms with van der Waals surface area (Å²) >= 11 is 0. The lowest BCUT2D eigenvalue weighted by atomic mass is 9.96. The van der Waals surface area contributed by atoms with Gasteiger partial charge < -0.3 is 9.47 Å². The fourth-order valence-electron chi connectivity index (χ4n) is 5.09. The smallest absolute Gasteiger partial charge is 0.490 e. The number of hydrogen-bond acceptors (Lipinski definition) is 6. The van der Waals surface area contributed by atoms with Gasteiger partial charge in [-0.1, -0.05) is 91.0 Å². The molecule has 44 heavy (non-hydrogen) atoms. The lowest BCUT2D eigenvalue weighted by molar-refractivity contribution is -0.207. The van der Waals surface area contributed by atoms with Crippen LogP contribution in [-0.4, -0.2) is 30.1 Å². The Balaban J connectivity index is 1.69. The molecule has 0 bridgehead atoms. The van der Waals surface area contributed by atoms with Crippen molar-refractivity contribution in [1.29, 1.82) is 5.26 Å². The van der Waals surface area contributed by atoms with Crippen molar-refractivity contribution in [2.24, 2.45) is 0 Å². The molecule has 0 fully saturated rings. The molecule has 0 aliphatic carbocycles. The van der Waals surface area contributed by atoms with E-state index in [2.05, 4.69) is 11.4 Å². The summed E-state index contributed by atoms with van der Waals surface area (Å²) in [6.45, 7) is -0.596. The number of hydrogen-bond donors (Lipinski definition) is 1. The molecular formula is C34H26F3N3O4. The fraction of sp³-hybridized carbons (Fsp3) is 0.147. The Bertz CT molecular complexity index is 1830. The minimum atomic E-state index is -5.30. The Hall–Kier alpha value is -5.40. The highest BCUT2D eigenvalue weighted by Crippen LogP contribution is 2.33. The summed E-state index contributed by atoms with van der Waals surface area (Å²) in [5.41, 5.74) is 1.56. The number of aromatic nitrogens is 1. The first-order chi connectivity index (χ1) is 21.2. The molecule has 0 saturated heterocycles. The van der Waals surface area contributed by atoms with E-state index in [9.17, 15) is 28.0 Å². The molecule has 0 spiro atoms. The van der Waals surface area contributed by atoms with Crippen molar-refractivity contribution >= 4 is 16.7 Å². The van der Waals surface area contributed by atoms with Crippen molar-refractivity contribution in [3.63, 3.8) is 0 Å². The number of pyridine rings is 1. The van der Waals surface area contributed by atoms with Gasteiger partial charge in [0.2, 0.25) is 0 Å². The van der Waals surface area contributed by atoms with Gasteiger partial charge in [-0.3, -0.25) is 14.7 Å². The molecule has 0 aliphatic heterocycles. The Labute approximate surface area is 250 Å². The molecule has 0 aliphatic rings. The molecule has 10 heteroatoms. The fourth-order valence-corrected chi connectivity index (χ4v) is 5.09. The van der Waals surface area contributed by atoms with Crippen LogP contribution < -0.4 is 15.6 Å². The SMILES string of the molecule is COc1ccc2c(=O)n(CC(NC(c3ccccc3)c3ccccc3)OC(=O)C(F)(F)F)c(C#N)c(-c3ccccc3)c2c1. The molecule has 0 amide bonds. The Kier molecular flexibility index (Phi) is 8.78. The second kappa shape index (κ2) is 12.9. The van der Waals surface area contributed by atoms with Gasteiger partial charge in [-0.05, 0) is 34.9 Å². The molecule has 5 rings (SSSR count). The molecule has 0 saturated carbocycles. The van der Waals surface area contributed by atoms with Crippen LogP contribution in [0.3, 0.4) is 0 Å². The summed E-state index contributed by atoms with van der Waals surface area (Å²) in [6.07, 6.45) is -6.98. The van der Waals surface area contributed by atoms with Crippen LogP contribution in [-0.2, 0) is 16.1 Å². The normalized spacial score (nSPS) is 12.1. The molecule has 4 aromatic carbocycles. The summed E-state index contributed by atoms with van der Waals surface area (Å²) < 4.78 is 51.8. The minimum Gasteiger partial charge on any atom is -0.497 e. The van der Waals surface area contributed by atoms with Gasteiger partial charge >= 0.3 is 12.1 Å². The van der Waals surface area contributed by atoms with Gasteiger partial charge in [0.15, 0.2) is 6.23 Å². The molecule has 1 unspecified atom stereocenters. The quantitative estimate of drug-likeness (QED) is 0.157. The van der Waals surface area contributed by atoms with E-state index < -0.39 is 36.5 Å². The van der Waals surface area contributed by atoms with E-state index in [1.807, 2.05) is 0 Å². The van der Waals surface area contributed by atoms with E-state index in [1.165, 1.54) is 13.2 Å². The van der Waals surface area contributed by atoms with E-state index in [-0.39, 0.29) is 11.1 Å². The maximum Gasteiger partial charge on any atom is 0.490 e. The topological polar surface area (TPSA) is 93.3 Å². The number of esters is 1. The van der Waals surface area contributed by atoms with Gasteiger partial charge in [-0.15, -0.1) is 0 Å². The van der Waals surface area contributed by atoms with Gasteiger partial charge in [-0.25, -0.2) is 4.79 Å². The van der Waals surface area contributed by atoms with Crippen LogP contribution in [0, 0.1) is 11.3 Å². The van der Waals surface area contributed by atoms with Crippen molar-refractivity contribution in [3.8, 4) is 22.9 Å². The Morgan fingerprint density at radius 2 is 1.45 bits per heavy atom. The van der Waals surface area contributed by atoms with E-state index in [0.29, 0.717) is 33.4 Å². The molecule has 1 heterocycles. The predicted octanol–water partition coefficient (Wildman–Crippen LogP) is 6.36. The second-order valence-corrected chi connectivity index (χ2v) is 9.84. The van der Waals surface area contributed by atoms with Crippen LogP contribution in [0.15, 0.2) is 114 Å². The summed E-state index contributed by atoms with van der Waals surface area (Å²) in [4.78, 5) is 26.1. The van der Waals surface area contributed by atoms with Crippen LogP contribution >= 0.6 is 0 Å². The lowest BCUT2D eigenvalue weighted by Crippen LogP contribution is -2.45. The number of benzene rings is 4. The zero-order valence-electron chi connectivity index (χ0n) is 23.4. The molecule has 5 aromatic rings. The first-order valence-electron chi connectivity index (χ1n) is 13.5. The molecular weight excluding hydrogens is 571 g/mol. The average molecular weight is 598 g/mol. The maximum absolute atomic E-state index is 13.9. The van der Waals surface area contributed by atoms with Crippen LogP contribution in [0.4, 0.5) is 13.2 Å². The number of rotatable bonds is 9. The van der Waals surface area contributed by atoms with Gasteiger partial charge in [0, 0.05) is 16.3 Å². The monoisotopic (exact) mass is 597 g/mol. The van der Waals surface area contributed by atoms with Gasteiger partial charge in [0.05, 0.1) is 19.7 Å². The first-order valence-corrected chi connectivity index (χ1v) is 13.5.